The van der Waals surface area contributed by atoms with Crippen LogP contribution in [0.5, 0.6) is 0 Å². The van der Waals surface area contributed by atoms with E-state index in [0.29, 0.717) is 11.7 Å². The predicted molar refractivity (Wildman–Crippen MR) is 81.1 cm³/mol. The zero-order valence-electron chi connectivity index (χ0n) is 11.3. The lowest BCUT2D eigenvalue weighted by Crippen LogP contribution is -2.26. The quantitative estimate of drug-likeness (QED) is 0.830. The summed E-state index contributed by atoms with van der Waals surface area (Å²) in [4.78, 5) is 10.5. The van der Waals surface area contributed by atoms with Crippen molar-refractivity contribution >= 4 is 39.0 Å². The van der Waals surface area contributed by atoms with Crippen molar-refractivity contribution in [3.05, 3.63) is 16.2 Å². The van der Waals surface area contributed by atoms with Gasteiger partial charge in [0.05, 0.1) is 18.0 Å². The van der Waals surface area contributed by atoms with E-state index in [2.05, 4.69) is 29.1 Å². The van der Waals surface area contributed by atoms with Crippen molar-refractivity contribution in [3.8, 4) is 0 Å². The number of thiophene rings is 1. The van der Waals surface area contributed by atoms with E-state index in [4.69, 9.17) is 11.6 Å². The number of aromatic nitrogens is 2. The monoisotopic (exact) mass is 299 g/mol. The molecule has 0 fully saturated rings. The fraction of sp³-hybridized carbons (Fsp3) is 0.538. The Morgan fingerprint density at radius 1 is 1.42 bits per heavy atom. The third kappa shape index (κ3) is 3.55. The van der Waals surface area contributed by atoms with Crippen LogP contribution in [0.4, 0.5) is 5.82 Å². The summed E-state index contributed by atoms with van der Waals surface area (Å²) < 4.78 is 0. The number of anilines is 1. The lowest BCUT2D eigenvalue weighted by molar-refractivity contribution is 0.259. The molecule has 0 spiro atoms. The number of aliphatic hydroxyl groups excluding tert-OH is 1. The van der Waals surface area contributed by atoms with E-state index < -0.39 is 0 Å². The fourth-order valence-corrected chi connectivity index (χ4v) is 3.17. The molecule has 0 aliphatic rings. The summed E-state index contributed by atoms with van der Waals surface area (Å²) in [5.74, 6) is 1.21. The van der Waals surface area contributed by atoms with E-state index in [1.54, 1.807) is 11.3 Å². The SMILES string of the molecule is Cc1cc2c(NC(CO)CC(C)C)nc(Cl)nc2s1. The van der Waals surface area contributed by atoms with Crippen LogP contribution in [0.15, 0.2) is 6.07 Å². The van der Waals surface area contributed by atoms with Gasteiger partial charge in [0.15, 0.2) is 0 Å². The molecule has 2 aromatic heterocycles. The molecule has 0 aromatic carbocycles. The van der Waals surface area contributed by atoms with Gasteiger partial charge in [-0.25, -0.2) is 9.97 Å². The molecule has 2 rings (SSSR count). The molecular formula is C13H18ClN3OS. The summed E-state index contributed by atoms with van der Waals surface area (Å²) in [5.41, 5.74) is 0. The maximum atomic E-state index is 9.45. The second-order valence-corrected chi connectivity index (χ2v) is 6.64. The highest BCUT2D eigenvalue weighted by Gasteiger charge is 2.15. The van der Waals surface area contributed by atoms with Crippen molar-refractivity contribution < 1.29 is 5.11 Å². The lowest BCUT2D eigenvalue weighted by Gasteiger charge is -2.19. The number of hydrogen-bond donors (Lipinski definition) is 2. The summed E-state index contributed by atoms with van der Waals surface area (Å²) in [5, 5.41) is 13.9. The predicted octanol–water partition coefficient (Wildman–Crippen LogP) is 3.47. The number of halogens is 1. The topological polar surface area (TPSA) is 58.0 Å². The van der Waals surface area contributed by atoms with Gasteiger partial charge in [-0.15, -0.1) is 11.3 Å². The number of aryl methyl sites for hydroxylation is 1. The highest BCUT2D eigenvalue weighted by molar-refractivity contribution is 7.18. The van der Waals surface area contributed by atoms with E-state index in [9.17, 15) is 5.11 Å². The highest BCUT2D eigenvalue weighted by Crippen LogP contribution is 2.30. The third-order valence-corrected chi connectivity index (χ3v) is 3.92. The third-order valence-electron chi connectivity index (χ3n) is 2.81. The van der Waals surface area contributed by atoms with Crippen LogP contribution in [0.2, 0.25) is 5.28 Å². The van der Waals surface area contributed by atoms with E-state index in [1.807, 2.05) is 13.0 Å². The van der Waals surface area contributed by atoms with Crippen LogP contribution < -0.4 is 5.32 Å². The van der Waals surface area contributed by atoms with Gasteiger partial charge in [0, 0.05) is 4.88 Å². The van der Waals surface area contributed by atoms with Gasteiger partial charge in [0.1, 0.15) is 10.6 Å². The van der Waals surface area contributed by atoms with Gasteiger partial charge >= 0.3 is 0 Å². The van der Waals surface area contributed by atoms with Crippen molar-refractivity contribution in [2.75, 3.05) is 11.9 Å². The Morgan fingerprint density at radius 2 is 2.16 bits per heavy atom. The Kier molecular flexibility index (Phi) is 4.60. The number of fused-ring (bicyclic) bond motifs is 1. The minimum absolute atomic E-state index is 0.0191. The van der Waals surface area contributed by atoms with Gasteiger partial charge in [0.25, 0.3) is 0 Å². The van der Waals surface area contributed by atoms with Crippen LogP contribution in [-0.4, -0.2) is 27.7 Å². The second-order valence-electron chi connectivity index (χ2n) is 5.07. The maximum Gasteiger partial charge on any atom is 0.225 e. The number of nitrogens with one attached hydrogen (secondary N) is 1. The van der Waals surface area contributed by atoms with Gasteiger partial charge in [-0.05, 0) is 36.9 Å². The first-order valence-electron chi connectivity index (χ1n) is 6.30. The molecule has 104 valence electrons. The largest absolute Gasteiger partial charge is 0.394 e. The van der Waals surface area contributed by atoms with Crippen LogP contribution in [0.3, 0.4) is 0 Å². The molecular weight excluding hydrogens is 282 g/mol. The average Bonchev–Trinajstić information content (AvgIpc) is 2.67. The van der Waals surface area contributed by atoms with Crippen molar-refractivity contribution in [2.45, 2.75) is 33.2 Å². The molecule has 1 unspecified atom stereocenters. The summed E-state index contributed by atoms with van der Waals surface area (Å²) in [6.45, 7) is 6.36. The Bertz CT molecular complexity index is 570. The first-order chi connectivity index (χ1) is 8.99. The molecule has 0 amide bonds. The normalized spacial score (nSPS) is 13.2. The fourth-order valence-electron chi connectivity index (χ4n) is 2.07. The molecule has 6 heteroatoms. The Labute approximate surface area is 121 Å². The van der Waals surface area contributed by atoms with Crippen molar-refractivity contribution in [1.29, 1.82) is 0 Å². The molecule has 0 radical (unpaired) electrons. The molecule has 2 heterocycles. The number of hydrogen-bond acceptors (Lipinski definition) is 5. The van der Waals surface area contributed by atoms with Crippen LogP contribution in [0.1, 0.15) is 25.1 Å². The molecule has 0 aliphatic heterocycles. The molecule has 4 nitrogen and oxygen atoms in total. The van der Waals surface area contributed by atoms with Gasteiger partial charge in [-0.1, -0.05) is 13.8 Å². The van der Waals surface area contributed by atoms with Crippen LogP contribution in [-0.2, 0) is 0 Å². The molecule has 0 saturated carbocycles. The molecule has 0 aliphatic carbocycles. The summed E-state index contributed by atoms with van der Waals surface area (Å²) in [6, 6.07) is 2.03. The average molecular weight is 300 g/mol. The van der Waals surface area contributed by atoms with Gasteiger partial charge in [-0.3, -0.25) is 0 Å². The Balaban J connectivity index is 2.32. The number of nitrogens with zero attached hydrogens (tertiary/aromatic N) is 2. The molecule has 2 N–H and O–H groups in total. The first kappa shape index (κ1) is 14.5. The Hall–Kier alpha value is -0.910. The molecule has 19 heavy (non-hydrogen) atoms. The number of aliphatic hydroxyl groups is 1. The van der Waals surface area contributed by atoms with Crippen molar-refractivity contribution in [2.24, 2.45) is 5.92 Å². The van der Waals surface area contributed by atoms with Crippen molar-refractivity contribution in [3.63, 3.8) is 0 Å². The zero-order valence-corrected chi connectivity index (χ0v) is 12.8. The molecule has 0 saturated heterocycles. The van der Waals surface area contributed by atoms with Gasteiger partial charge in [-0.2, -0.15) is 0 Å². The highest BCUT2D eigenvalue weighted by atomic mass is 35.5. The summed E-state index contributed by atoms with van der Waals surface area (Å²) in [6.07, 6.45) is 0.878. The van der Waals surface area contributed by atoms with Crippen LogP contribution in [0, 0.1) is 12.8 Å². The molecule has 0 bridgehead atoms. The maximum absolute atomic E-state index is 9.45. The summed E-state index contributed by atoms with van der Waals surface area (Å²) in [7, 11) is 0. The summed E-state index contributed by atoms with van der Waals surface area (Å²) >= 11 is 7.54. The zero-order chi connectivity index (χ0) is 14.0. The van der Waals surface area contributed by atoms with Crippen LogP contribution >= 0.6 is 22.9 Å². The lowest BCUT2D eigenvalue weighted by atomic mass is 10.0. The van der Waals surface area contributed by atoms with Gasteiger partial charge < -0.3 is 10.4 Å². The molecule has 2 aromatic rings. The minimum atomic E-state index is -0.0191. The first-order valence-corrected chi connectivity index (χ1v) is 7.50. The molecule has 1 atom stereocenters. The smallest absolute Gasteiger partial charge is 0.225 e. The van der Waals surface area contributed by atoms with E-state index in [1.165, 1.54) is 4.88 Å². The standard InChI is InChI=1S/C13H18ClN3OS/c1-7(2)4-9(6-18)15-11-10-5-8(3)19-12(10)17-13(14)16-11/h5,7,9,18H,4,6H2,1-3H3,(H,15,16,17). The number of rotatable bonds is 5. The van der Waals surface area contributed by atoms with E-state index >= 15 is 0 Å². The van der Waals surface area contributed by atoms with Gasteiger partial charge in [0.2, 0.25) is 5.28 Å². The second kappa shape index (κ2) is 6.03. The van der Waals surface area contributed by atoms with Crippen LogP contribution in [0.25, 0.3) is 10.2 Å². The van der Waals surface area contributed by atoms with Crippen molar-refractivity contribution in [1.82, 2.24) is 9.97 Å². The van der Waals surface area contributed by atoms with E-state index in [-0.39, 0.29) is 17.9 Å². The Morgan fingerprint density at radius 3 is 2.79 bits per heavy atom. The van der Waals surface area contributed by atoms with E-state index in [0.717, 1.165) is 16.6 Å². The minimum Gasteiger partial charge on any atom is -0.394 e.